The average molecular weight is 317 g/mol. The van der Waals surface area contributed by atoms with Crippen molar-refractivity contribution in [2.75, 3.05) is 33.3 Å². The van der Waals surface area contributed by atoms with E-state index in [0.29, 0.717) is 0 Å². The van der Waals surface area contributed by atoms with Gasteiger partial charge in [-0.1, -0.05) is 0 Å². The number of ether oxygens (including phenoxy) is 1. The Morgan fingerprint density at radius 1 is 1.17 bits per heavy atom. The first-order valence-electron chi connectivity index (χ1n) is 7.98. The maximum Gasteiger partial charge on any atom is 0.373 e. The topological polar surface area (TPSA) is 61.7 Å². The van der Waals surface area contributed by atoms with Gasteiger partial charge in [0.2, 0.25) is 5.76 Å². The summed E-state index contributed by atoms with van der Waals surface area (Å²) in [5, 5.41) is 0. The average Bonchev–Trinajstić information content (AvgIpc) is 3.18. The van der Waals surface area contributed by atoms with Crippen LogP contribution in [0.15, 0.2) is 34.9 Å². The largest absolute Gasteiger partial charge is 0.463 e. The SMILES string of the molecule is COC(=O)c1ccc(CN2CCCN(Cc3ccc[nH]3)CC2)o1. The van der Waals surface area contributed by atoms with Gasteiger partial charge >= 0.3 is 5.97 Å². The molecule has 1 N–H and O–H groups in total. The quantitative estimate of drug-likeness (QED) is 0.856. The Hall–Kier alpha value is -2.05. The summed E-state index contributed by atoms with van der Waals surface area (Å²) >= 11 is 0. The molecule has 0 radical (unpaired) electrons. The summed E-state index contributed by atoms with van der Waals surface area (Å²) in [6.07, 6.45) is 3.10. The first-order chi connectivity index (χ1) is 11.2. The molecular formula is C17H23N3O3. The number of nitrogens with zero attached hydrogens (tertiary/aromatic N) is 2. The van der Waals surface area contributed by atoms with Gasteiger partial charge in [0, 0.05) is 31.5 Å². The lowest BCUT2D eigenvalue weighted by molar-refractivity contribution is 0.0561. The van der Waals surface area contributed by atoms with Crippen LogP contribution in [0, 0.1) is 0 Å². The zero-order chi connectivity index (χ0) is 16.1. The number of esters is 1. The third-order valence-electron chi connectivity index (χ3n) is 4.17. The second kappa shape index (κ2) is 7.48. The van der Waals surface area contributed by atoms with Crippen molar-refractivity contribution in [3.05, 3.63) is 47.7 Å². The van der Waals surface area contributed by atoms with Crippen molar-refractivity contribution in [3.63, 3.8) is 0 Å². The summed E-state index contributed by atoms with van der Waals surface area (Å²) in [4.78, 5) is 19.5. The normalized spacial score (nSPS) is 17.1. The zero-order valence-electron chi connectivity index (χ0n) is 13.5. The van der Waals surface area contributed by atoms with Crippen molar-refractivity contribution in [1.82, 2.24) is 14.8 Å². The number of furan rings is 1. The molecule has 1 fully saturated rings. The van der Waals surface area contributed by atoms with E-state index >= 15 is 0 Å². The number of carbonyl (C=O) groups excluding carboxylic acids is 1. The number of aromatic nitrogens is 1. The summed E-state index contributed by atoms with van der Waals surface area (Å²) in [6, 6.07) is 7.69. The molecule has 2 aromatic heterocycles. The summed E-state index contributed by atoms with van der Waals surface area (Å²) in [5.41, 5.74) is 1.26. The molecule has 6 heteroatoms. The highest BCUT2D eigenvalue weighted by Crippen LogP contribution is 2.14. The molecule has 0 unspecified atom stereocenters. The van der Waals surface area contributed by atoms with Gasteiger partial charge in [-0.05, 0) is 43.8 Å². The van der Waals surface area contributed by atoms with E-state index in [-0.39, 0.29) is 5.76 Å². The fraction of sp³-hybridized carbons (Fsp3) is 0.471. The molecule has 1 aliphatic heterocycles. The van der Waals surface area contributed by atoms with Gasteiger partial charge in [-0.25, -0.2) is 4.79 Å². The maximum absolute atomic E-state index is 11.4. The van der Waals surface area contributed by atoms with Gasteiger partial charge in [-0.3, -0.25) is 9.80 Å². The predicted molar refractivity (Wildman–Crippen MR) is 86.0 cm³/mol. The minimum absolute atomic E-state index is 0.269. The lowest BCUT2D eigenvalue weighted by atomic mass is 10.3. The van der Waals surface area contributed by atoms with Crippen LogP contribution >= 0.6 is 0 Å². The van der Waals surface area contributed by atoms with E-state index in [1.54, 1.807) is 6.07 Å². The Labute approximate surface area is 136 Å². The summed E-state index contributed by atoms with van der Waals surface area (Å²) < 4.78 is 10.2. The van der Waals surface area contributed by atoms with E-state index in [1.807, 2.05) is 18.3 Å². The molecule has 1 aliphatic rings. The van der Waals surface area contributed by atoms with Crippen LogP contribution in [0.4, 0.5) is 0 Å². The van der Waals surface area contributed by atoms with E-state index in [0.717, 1.165) is 51.4 Å². The van der Waals surface area contributed by atoms with Crippen LogP contribution in [0.1, 0.15) is 28.4 Å². The van der Waals surface area contributed by atoms with Crippen LogP contribution in [0.3, 0.4) is 0 Å². The number of H-pyrrole nitrogens is 1. The van der Waals surface area contributed by atoms with Crippen molar-refractivity contribution < 1.29 is 13.9 Å². The molecule has 23 heavy (non-hydrogen) atoms. The van der Waals surface area contributed by atoms with Gasteiger partial charge in [-0.2, -0.15) is 0 Å². The van der Waals surface area contributed by atoms with E-state index in [1.165, 1.54) is 12.8 Å². The zero-order valence-corrected chi connectivity index (χ0v) is 13.5. The van der Waals surface area contributed by atoms with Gasteiger partial charge < -0.3 is 14.1 Å². The number of hydrogen-bond acceptors (Lipinski definition) is 5. The molecule has 0 aliphatic carbocycles. The first-order valence-corrected chi connectivity index (χ1v) is 7.98. The summed E-state index contributed by atoms with van der Waals surface area (Å²) in [7, 11) is 1.36. The number of hydrogen-bond donors (Lipinski definition) is 1. The monoisotopic (exact) mass is 317 g/mol. The molecule has 3 heterocycles. The van der Waals surface area contributed by atoms with E-state index in [4.69, 9.17) is 4.42 Å². The Balaban J connectivity index is 1.51. The van der Waals surface area contributed by atoms with Crippen LogP contribution < -0.4 is 0 Å². The molecule has 6 nitrogen and oxygen atoms in total. The van der Waals surface area contributed by atoms with E-state index in [9.17, 15) is 4.79 Å². The van der Waals surface area contributed by atoms with E-state index in [2.05, 4.69) is 25.6 Å². The molecule has 3 rings (SSSR count). The molecule has 0 spiro atoms. The Morgan fingerprint density at radius 3 is 2.65 bits per heavy atom. The van der Waals surface area contributed by atoms with Crippen LogP contribution in [0.2, 0.25) is 0 Å². The third kappa shape index (κ3) is 4.24. The highest BCUT2D eigenvalue weighted by atomic mass is 16.5. The van der Waals surface area contributed by atoms with Crippen molar-refractivity contribution in [2.45, 2.75) is 19.5 Å². The van der Waals surface area contributed by atoms with Gasteiger partial charge in [0.1, 0.15) is 5.76 Å². The first kappa shape index (κ1) is 15.8. The number of aromatic amines is 1. The van der Waals surface area contributed by atoms with Crippen LogP contribution in [0.25, 0.3) is 0 Å². The fourth-order valence-electron chi connectivity index (χ4n) is 2.94. The Kier molecular flexibility index (Phi) is 5.15. The predicted octanol–water partition coefficient (Wildman–Crippen LogP) is 2.10. The summed E-state index contributed by atoms with van der Waals surface area (Å²) in [6.45, 7) is 5.86. The summed E-state index contributed by atoms with van der Waals surface area (Å²) in [5.74, 6) is 0.651. The van der Waals surface area contributed by atoms with Gasteiger partial charge in [0.05, 0.1) is 13.7 Å². The standard InChI is InChI=1S/C17H23N3O3/c1-22-17(21)16-6-5-15(23-16)13-20-9-3-8-19(10-11-20)12-14-4-2-7-18-14/h2,4-7,18H,3,8-13H2,1H3. The highest BCUT2D eigenvalue weighted by molar-refractivity contribution is 5.86. The number of carbonyl (C=O) groups is 1. The number of methoxy groups -OCH3 is 1. The second-order valence-corrected chi connectivity index (χ2v) is 5.86. The van der Waals surface area contributed by atoms with Crippen molar-refractivity contribution in [2.24, 2.45) is 0 Å². The van der Waals surface area contributed by atoms with Gasteiger partial charge in [0.25, 0.3) is 0 Å². The van der Waals surface area contributed by atoms with Gasteiger partial charge in [-0.15, -0.1) is 0 Å². The van der Waals surface area contributed by atoms with Crippen LogP contribution in [0.5, 0.6) is 0 Å². The van der Waals surface area contributed by atoms with Crippen LogP contribution in [-0.2, 0) is 17.8 Å². The smallest absolute Gasteiger partial charge is 0.373 e. The lowest BCUT2D eigenvalue weighted by Crippen LogP contribution is -2.30. The fourth-order valence-corrected chi connectivity index (χ4v) is 2.94. The van der Waals surface area contributed by atoms with Crippen molar-refractivity contribution in [1.29, 1.82) is 0 Å². The Bertz CT molecular complexity index is 621. The molecule has 0 atom stereocenters. The third-order valence-corrected chi connectivity index (χ3v) is 4.17. The number of rotatable bonds is 5. The molecule has 0 bridgehead atoms. The molecule has 0 amide bonds. The molecule has 0 aromatic carbocycles. The Morgan fingerprint density at radius 2 is 1.96 bits per heavy atom. The number of nitrogens with one attached hydrogen (secondary N) is 1. The van der Waals surface area contributed by atoms with Crippen molar-refractivity contribution in [3.8, 4) is 0 Å². The highest BCUT2D eigenvalue weighted by Gasteiger charge is 2.18. The second-order valence-electron chi connectivity index (χ2n) is 5.86. The minimum atomic E-state index is -0.427. The molecule has 124 valence electrons. The minimum Gasteiger partial charge on any atom is -0.463 e. The maximum atomic E-state index is 11.4. The van der Waals surface area contributed by atoms with E-state index < -0.39 is 5.97 Å². The van der Waals surface area contributed by atoms with Gasteiger partial charge in [0.15, 0.2) is 0 Å². The molecule has 2 aromatic rings. The molecule has 0 saturated carbocycles. The molecular weight excluding hydrogens is 294 g/mol. The van der Waals surface area contributed by atoms with Crippen LogP contribution in [-0.4, -0.2) is 54.0 Å². The molecule has 1 saturated heterocycles. The van der Waals surface area contributed by atoms with Crippen molar-refractivity contribution >= 4 is 5.97 Å². The lowest BCUT2D eigenvalue weighted by Gasteiger charge is -2.20.